The van der Waals surface area contributed by atoms with Crippen molar-refractivity contribution < 1.29 is 0 Å². The Morgan fingerprint density at radius 1 is 1.77 bits per heavy atom. The summed E-state index contributed by atoms with van der Waals surface area (Å²) in [6.07, 6.45) is 3.88. The van der Waals surface area contributed by atoms with Gasteiger partial charge in [0.2, 0.25) is 0 Å². The van der Waals surface area contributed by atoms with E-state index < -0.39 is 0 Å². The molecule has 70 valence electrons. The van der Waals surface area contributed by atoms with E-state index in [4.69, 9.17) is 11.6 Å². The summed E-state index contributed by atoms with van der Waals surface area (Å²) in [5.74, 6) is 0.410. The Balaban J connectivity index is 2.71. The van der Waals surface area contributed by atoms with Crippen LogP contribution in [0.25, 0.3) is 0 Å². The van der Waals surface area contributed by atoms with Crippen molar-refractivity contribution in [2.24, 2.45) is 0 Å². The first-order chi connectivity index (χ1) is 6.25. The van der Waals surface area contributed by atoms with Crippen LogP contribution in [0.2, 0.25) is 5.02 Å². The molecule has 1 aromatic rings. The molecule has 0 aliphatic heterocycles. The molecule has 4 nitrogen and oxygen atoms in total. The molecular weight excluding hydrogens is 190 g/mol. The minimum atomic E-state index is -0.335. The summed E-state index contributed by atoms with van der Waals surface area (Å²) < 4.78 is 0. The van der Waals surface area contributed by atoms with E-state index in [0.29, 0.717) is 12.4 Å². The van der Waals surface area contributed by atoms with Crippen molar-refractivity contribution in [1.82, 2.24) is 9.97 Å². The van der Waals surface area contributed by atoms with E-state index in [9.17, 15) is 4.79 Å². The lowest BCUT2D eigenvalue weighted by molar-refractivity contribution is 1.03. The number of halogens is 1. The summed E-state index contributed by atoms with van der Waals surface area (Å²) in [6.45, 7) is 4.24. The number of nitrogens with zero attached hydrogens (tertiary/aromatic N) is 1. The van der Waals surface area contributed by atoms with Gasteiger partial charge in [-0.2, -0.15) is 0 Å². The van der Waals surface area contributed by atoms with Gasteiger partial charge in [-0.25, -0.2) is 4.98 Å². The van der Waals surface area contributed by atoms with Crippen molar-refractivity contribution in [2.75, 3.05) is 11.9 Å². The fraction of sp³-hybridized carbons (Fsp3) is 0.250. The van der Waals surface area contributed by atoms with E-state index >= 15 is 0 Å². The molecule has 0 radical (unpaired) electrons. The van der Waals surface area contributed by atoms with Crippen LogP contribution >= 0.6 is 11.6 Å². The molecule has 2 N–H and O–H groups in total. The predicted octanol–water partition coefficient (Wildman–Crippen LogP) is 1.41. The van der Waals surface area contributed by atoms with Gasteiger partial charge in [-0.1, -0.05) is 17.7 Å². The Hall–Kier alpha value is -1.29. The Labute approximate surface area is 80.7 Å². The first-order valence-corrected chi connectivity index (χ1v) is 4.21. The summed E-state index contributed by atoms with van der Waals surface area (Å²) in [5.41, 5.74) is -0.335. The maximum absolute atomic E-state index is 11.0. The quantitative estimate of drug-likeness (QED) is 0.570. The van der Waals surface area contributed by atoms with E-state index in [1.54, 1.807) is 6.08 Å². The van der Waals surface area contributed by atoms with E-state index in [2.05, 4.69) is 21.9 Å². The van der Waals surface area contributed by atoms with Crippen molar-refractivity contribution in [3.8, 4) is 0 Å². The molecule has 13 heavy (non-hydrogen) atoms. The van der Waals surface area contributed by atoms with Crippen LogP contribution < -0.4 is 10.9 Å². The van der Waals surface area contributed by atoms with Crippen molar-refractivity contribution >= 4 is 17.4 Å². The highest BCUT2D eigenvalue weighted by atomic mass is 35.5. The normalized spacial score (nSPS) is 9.62. The molecule has 1 aromatic heterocycles. The summed E-state index contributed by atoms with van der Waals surface area (Å²) >= 11 is 5.68. The Bertz CT molecular complexity index is 347. The number of aromatic amines is 1. The van der Waals surface area contributed by atoms with Gasteiger partial charge < -0.3 is 10.3 Å². The molecule has 0 fully saturated rings. The van der Waals surface area contributed by atoms with E-state index in [1.165, 1.54) is 6.33 Å². The molecule has 5 heteroatoms. The molecule has 1 heterocycles. The molecule has 0 aromatic carbocycles. The van der Waals surface area contributed by atoms with Crippen LogP contribution in [0.1, 0.15) is 6.42 Å². The van der Waals surface area contributed by atoms with Crippen LogP contribution in [-0.4, -0.2) is 16.5 Å². The van der Waals surface area contributed by atoms with Crippen molar-refractivity contribution in [3.05, 3.63) is 34.4 Å². The van der Waals surface area contributed by atoms with Crippen LogP contribution in [0.3, 0.4) is 0 Å². The zero-order valence-corrected chi connectivity index (χ0v) is 7.77. The second-order valence-corrected chi connectivity index (χ2v) is 2.78. The Morgan fingerprint density at radius 2 is 2.54 bits per heavy atom. The number of aromatic nitrogens is 2. The van der Waals surface area contributed by atoms with Gasteiger partial charge in [0.25, 0.3) is 5.56 Å². The standard InChI is InChI=1S/C8H10ClN3O/c1-2-3-4-10-7-6(9)8(13)12-5-11-7/h2,5H,1,3-4H2,(H2,10,11,12,13). The second-order valence-electron chi connectivity index (χ2n) is 2.40. The van der Waals surface area contributed by atoms with Crippen LogP contribution in [0.4, 0.5) is 5.82 Å². The molecule has 0 aliphatic rings. The number of hydrogen-bond donors (Lipinski definition) is 2. The number of nitrogens with one attached hydrogen (secondary N) is 2. The van der Waals surface area contributed by atoms with Crippen LogP contribution in [0.5, 0.6) is 0 Å². The van der Waals surface area contributed by atoms with Gasteiger partial charge >= 0.3 is 0 Å². The molecule has 0 saturated carbocycles. The molecule has 0 saturated heterocycles. The third kappa shape index (κ3) is 2.59. The SMILES string of the molecule is C=CCCNc1nc[nH]c(=O)c1Cl. The monoisotopic (exact) mass is 199 g/mol. The lowest BCUT2D eigenvalue weighted by Gasteiger charge is -2.03. The van der Waals surface area contributed by atoms with Gasteiger partial charge in [0.05, 0.1) is 6.33 Å². The average molecular weight is 200 g/mol. The molecule has 0 atom stereocenters. The van der Waals surface area contributed by atoms with Crippen molar-refractivity contribution in [3.63, 3.8) is 0 Å². The number of anilines is 1. The predicted molar refractivity (Wildman–Crippen MR) is 53.2 cm³/mol. The Morgan fingerprint density at radius 3 is 3.23 bits per heavy atom. The smallest absolute Gasteiger partial charge is 0.271 e. The fourth-order valence-corrected chi connectivity index (χ4v) is 0.969. The van der Waals surface area contributed by atoms with Crippen LogP contribution in [0, 0.1) is 0 Å². The summed E-state index contributed by atoms with van der Waals surface area (Å²) in [6, 6.07) is 0. The Kier molecular flexibility index (Phi) is 3.52. The summed E-state index contributed by atoms with van der Waals surface area (Å²) in [7, 11) is 0. The van der Waals surface area contributed by atoms with E-state index in [0.717, 1.165) is 6.42 Å². The van der Waals surface area contributed by atoms with Gasteiger partial charge in [0, 0.05) is 6.54 Å². The third-order valence-corrected chi connectivity index (χ3v) is 1.79. The topological polar surface area (TPSA) is 57.8 Å². The minimum absolute atomic E-state index is 0.0894. The summed E-state index contributed by atoms with van der Waals surface area (Å²) in [5, 5.41) is 3.01. The van der Waals surface area contributed by atoms with E-state index in [1.807, 2.05) is 0 Å². The molecular formula is C8H10ClN3O. The molecule has 0 amide bonds. The molecule has 0 unspecified atom stereocenters. The lowest BCUT2D eigenvalue weighted by Crippen LogP contribution is -2.12. The second kappa shape index (κ2) is 4.67. The van der Waals surface area contributed by atoms with Gasteiger partial charge in [-0.05, 0) is 6.42 Å². The van der Waals surface area contributed by atoms with Gasteiger partial charge in [-0.15, -0.1) is 6.58 Å². The maximum Gasteiger partial charge on any atom is 0.271 e. The molecule has 0 aliphatic carbocycles. The number of hydrogen-bond acceptors (Lipinski definition) is 3. The minimum Gasteiger partial charge on any atom is -0.368 e. The highest BCUT2D eigenvalue weighted by Gasteiger charge is 2.03. The van der Waals surface area contributed by atoms with Crippen LogP contribution in [0.15, 0.2) is 23.8 Å². The highest BCUT2D eigenvalue weighted by molar-refractivity contribution is 6.32. The first kappa shape index (κ1) is 9.80. The van der Waals surface area contributed by atoms with E-state index in [-0.39, 0.29) is 10.6 Å². The zero-order valence-electron chi connectivity index (χ0n) is 7.01. The van der Waals surface area contributed by atoms with Crippen molar-refractivity contribution in [1.29, 1.82) is 0 Å². The van der Waals surface area contributed by atoms with Gasteiger partial charge in [-0.3, -0.25) is 4.79 Å². The van der Waals surface area contributed by atoms with Gasteiger partial charge in [0.15, 0.2) is 5.82 Å². The maximum atomic E-state index is 11.0. The average Bonchev–Trinajstić information content (AvgIpc) is 2.13. The zero-order chi connectivity index (χ0) is 9.68. The van der Waals surface area contributed by atoms with Crippen molar-refractivity contribution in [2.45, 2.75) is 6.42 Å². The third-order valence-electron chi connectivity index (χ3n) is 1.44. The largest absolute Gasteiger partial charge is 0.368 e. The molecule has 1 rings (SSSR count). The first-order valence-electron chi connectivity index (χ1n) is 3.83. The van der Waals surface area contributed by atoms with Gasteiger partial charge in [0.1, 0.15) is 5.02 Å². The molecule has 0 spiro atoms. The summed E-state index contributed by atoms with van der Waals surface area (Å²) in [4.78, 5) is 17.2. The number of H-pyrrole nitrogens is 1. The molecule has 0 bridgehead atoms. The highest BCUT2D eigenvalue weighted by Crippen LogP contribution is 2.11. The van der Waals surface area contributed by atoms with Crippen LogP contribution in [-0.2, 0) is 0 Å². The number of rotatable bonds is 4. The lowest BCUT2D eigenvalue weighted by atomic mass is 10.4. The fourth-order valence-electron chi connectivity index (χ4n) is 0.799.